The van der Waals surface area contributed by atoms with E-state index in [2.05, 4.69) is 4.90 Å². The van der Waals surface area contributed by atoms with Gasteiger partial charge in [-0.05, 0) is 49.7 Å². The quantitative estimate of drug-likeness (QED) is 0.740. The van der Waals surface area contributed by atoms with Gasteiger partial charge < -0.3 is 4.90 Å². The molecule has 0 bridgehead atoms. The predicted octanol–water partition coefficient (Wildman–Crippen LogP) is 2.80. The SMILES string of the molecule is CN(CCN1CCCC1)S(=O)(=O)c1ccc(Cl)c(CCl)c1. The number of hydrogen-bond acceptors (Lipinski definition) is 3. The number of alkyl halides is 1. The molecule has 7 heteroatoms. The molecular weight excluding hydrogens is 331 g/mol. The summed E-state index contributed by atoms with van der Waals surface area (Å²) in [5.41, 5.74) is 0.632. The van der Waals surface area contributed by atoms with Gasteiger partial charge in [0.1, 0.15) is 0 Å². The minimum absolute atomic E-state index is 0.194. The lowest BCUT2D eigenvalue weighted by Gasteiger charge is -2.21. The smallest absolute Gasteiger partial charge is 0.242 e. The molecule has 1 aromatic rings. The minimum Gasteiger partial charge on any atom is -0.302 e. The van der Waals surface area contributed by atoms with Crippen LogP contribution in [0.4, 0.5) is 0 Å². The standard InChI is InChI=1S/C14H20Cl2N2O2S/c1-17(8-9-18-6-2-3-7-18)21(19,20)13-4-5-14(16)12(10-13)11-15/h4-5,10H,2-3,6-9,11H2,1H3. The van der Waals surface area contributed by atoms with Crippen molar-refractivity contribution in [2.75, 3.05) is 33.2 Å². The Hall–Kier alpha value is -0.330. The summed E-state index contributed by atoms with van der Waals surface area (Å²) in [4.78, 5) is 2.53. The van der Waals surface area contributed by atoms with E-state index in [1.807, 2.05) is 0 Å². The Morgan fingerprint density at radius 2 is 1.95 bits per heavy atom. The van der Waals surface area contributed by atoms with Crippen LogP contribution >= 0.6 is 23.2 Å². The molecule has 0 saturated carbocycles. The fourth-order valence-corrected chi connectivity index (χ4v) is 4.09. The van der Waals surface area contributed by atoms with Gasteiger partial charge in [-0.2, -0.15) is 4.31 Å². The number of likely N-dealkylation sites (tertiary alicyclic amines) is 1. The first kappa shape index (κ1) is 17.0. The molecule has 0 atom stereocenters. The maximum atomic E-state index is 12.5. The van der Waals surface area contributed by atoms with Crippen LogP contribution in [0.5, 0.6) is 0 Å². The minimum atomic E-state index is -3.49. The zero-order valence-electron chi connectivity index (χ0n) is 12.1. The molecule has 0 unspecified atom stereocenters. The van der Waals surface area contributed by atoms with Crippen LogP contribution in [0.15, 0.2) is 23.1 Å². The third-order valence-corrected chi connectivity index (χ3v) is 6.31. The molecule has 1 fully saturated rings. The summed E-state index contributed by atoms with van der Waals surface area (Å²) in [5.74, 6) is 0.194. The van der Waals surface area contributed by atoms with Crippen molar-refractivity contribution in [1.29, 1.82) is 0 Å². The molecule has 0 radical (unpaired) electrons. The van der Waals surface area contributed by atoms with Gasteiger partial charge in [-0.3, -0.25) is 0 Å². The van der Waals surface area contributed by atoms with E-state index in [-0.39, 0.29) is 10.8 Å². The van der Waals surface area contributed by atoms with Crippen LogP contribution in [0.25, 0.3) is 0 Å². The van der Waals surface area contributed by atoms with Crippen LogP contribution in [0, 0.1) is 0 Å². The number of hydrogen-bond donors (Lipinski definition) is 0. The van der Waals surface area contributed by atoms with Crippen LogP contribution in [-0.4, -0.2) is 50.8 Å². The molecule has 2 rings (SSSR count). The second kappa shape index (κ2) is 7.29. The first-order chi connectivity index (χ1) is 9.95. The highest BCUT2D eigenvalue weighted by molar-refractivity contribution is 7.89. The molecule has 0 N–H and O–H groups in total. The molecule has 1 aliphatic heterocycles. The summed E-state index contributed by atoms with van der Waals surface area (Å²) < 4.78 is 26.5. The van der Waals surface area contributed by atoms with Crippen molar-refractivity contribution in [3.05, 3.63) is 28.8 Å². The summed E-state index contributed by atoms with van der Waals surface area (Å²) in [6, 6.07) is 4.66. The lowest BCUT2D eigenvalue weighted by Crippen LogP contribution is -2.35. The van der Waals surface area contributed by atoms with Crippen molar-refractivity contribution < 1.29 is 8.42 Å². The molecule has 1 aliphatic rings. The zero-order chi connectivity index (χ0) is 15.5. The summed E-state index contributed by atoms with van der Waals surface area (Å²) in [5, 5.41) is 0.490. The first-order valence-corrected chi connectivity index (χ1v) is 9.33. The molecule has 0 amide bonds. The third-order valence-electron chi connectivity index (χ3n) is 3.80. The average molecular weight is 351 g/mol. The van der Waals surface area contributed by atoms with Gasteiger partial charge in [0, 0.05) is 31.0 Å². The molecule has 0 aliphatic carbocycles. The fraction of sp³-hybridized carbons (Fsp3) is 0.571. The van der Waals surface area contributed by atoms with E-state index in [1.54, 1.807) is 19.2 Å². The number of rotatable bonds is 6. The Labute approximate surface area is 136 Å². The Balaban J connectivity index is 2.08. The van der Waals surface area contributed by atoms with Crippen LogP contribution in [0.3, 0.4) is 0 Å². The molecule has 1 saturated heterocycles. The molecular formula is C14H20Cl2N2O2S. The van der Waals surface area contributed by atoms with Gasteiger partial charge >= 0.3 is 0 Å². The monoisotopic (exact) mass is 350 g/mol. The summed E-state index contributed by atoms with van der Waals surface area (Å²) in [6.45, 7) is 3.38. The largest absolute Gasteiger partial charge is 0.302 e. The number of nitrogens with zero attached hydrogens (tertiary/aromatic N) is 2. The summed E-state index contributed by atoms with van der Waals surface area (Å²) in [6.07, 6.45) is 2.40. The van der Waals surface area contributed by atoms with Gasteiger partial charge in [0.05, 0.1) is 4.90 Å². The van der Waals surface area contributed by atoms with E-state index in [1.165, 1.54) is 23.2 Å². The van der Waals surface area contributed by atoms with E-state index in [0.717, 1.165) is 19.6 Å². The first-order valence-electron chi connectivity index (χ1n) is 6.98. The lowest BCUT2D eigenvalue weighted by molar-refractivity contribution is 0.310. The van der Waals surface area contributed by atoms with Gasteiger partial charge in [0.25, 0.3) is 0 Å². The second-order valence-corrected chi connectivity index (χ2v) is 7.98. The van der Waals surface area contributed by atoms with Gasteiger partial charge in [-0.15, -0.1) is 11.6 Å². The number of likely N-dealkylation sites (N-methyl/N-ethyl adjacent to an activating group) is 1. The predicted molar refractivity (Wildman–Crippen MR) is 86.5 cm³/mol. The Bertz CT molecular complexity index is 587. The maximum absolute atomic E-state index is 12.5. The summed E-state index contributed by atoms with van der Waals surface area (Å²) >= 11 is 11.8. The van der Waals surface area contributed by atoms with Crippen LogP contribution in [0.1, 0.15) is 18.4 Å². The van der Waals surface area contributed by atoms with Crippen LogP contribution in [0.2, 0.25) is 5.02 Å². The Morgan fingerprint density at radius 1 is 1.29 bits per heavy atom. The Kier molecular flexibility index (Phi) is 5.91. The average Bonchev–Trinajstić information content (AvgIpc) is 2.98. The number of benzene rings is 1. The molecule has 0 spiro atoms. The van der Waals surface area contributed by atoms with Crippen molar-refractivity contribution in [3.63, 3.8) is 0 Å². The van der Waals surface area contributed by atoms with Gasteiger partial charge in [0.2, 0.25) is 10.0 Å². The van der Waals surface area contributed by atoms with E-state index in [9.17, 15) is 8.42 Å². The highest BCUT2D eigenvalue weighted by Gasteiger charge is 2.22. The molecule has 1 heterocycles. The van der Waals surface area contributed by atoms with Crippen molar-refractivity contribution in [2.24, 2.45) is 0 Å². The highest BCUT2D eigenvalue weighted by Crippen LogP contribution is 2.23. The third kappa shape index (κ3) is 4.11. The topological polar surface area (TPSA) is 40.6 Å². The molecule has 118 valence electrons. The van der Waals surface area contributed by atoms with Gasteiger partial charge in [-0.25, -0.2) is 8.42 Å². The molecule has 1 aromatic carbocycles. The van der Waals surface area contributed by atoms with Crippen molar-refractivity contribution >= 4 is 33.2 Å². The molecule has 4 nitrogen and oxygen atoms in total. The fourth-order valence-electron chi connectivity index (χ4n) is 2.40. The van der Waals surface area contributed by atoms with E-state index < -0.39 is 10.0 Å². The van der Waals surface area contributed by atoms with E-state index >= 15 is 0 Å². The number of halogens is 2. The van der Waals surface area contributed by atoms with E-state index in [0.29, 0.717) is 17.1 Å². The number of sulfonamides is 1. The zero-order valence-corrected chi connectivity index (χ0v) is 14.4. The molecule has 21 heavy (non-hydrogen) atoms. The Morgan fingerprint density at radius 3 is 2.57 bits per heavy atom. The normalized spacial score (nSPS) is 16.8. The van der Waals surface area contributed by atoms with Crippen molar-refractivity contribution in [3.8, 4) is 0 Å². The molecule has 0 aromatic heterocycles. The van der Waals surface area contributed by atoms with Gasteiger partial charge in [-0.1, -0.05) is 11.6 Å². The van der Waals surface area contributed by atoms with Crippen molar-refractivity contribution in [2.45, 2.75) is 23.6 Å². The second-order valence-electron chi connectivity index (χ2n) is 5.26. The van der Waals surface area contributed by atoms with Crippen molar-refractivity contribution in [1.82, 2.24) is 9.21 Å². The lowest BCUT2D eigenvalue weighted by atomic mass is 10.2. The van der Waals surface area contributed by atoms with Gasteiger partial charge in [0.15, 0.2) is 0 Å². The van der Waals surface area contributed by atoms with E-state index in [4.69, 9.17) is 23.2 Å². The summed E-state index contributed by atoms with van der Waals surface area (Å²) in [7, 11) is -1.88. The highest BCUT2D eigenvalue weighted by atomic mass is 35.5. The van der Waals surface area contributed by atoms with Crippen LogP contribution in [-0.2, 0) is 15.9 Å². The maximum Gasteiger partial charge on any atom is 0.242 e. The van der Waals surface area contributed by atoms with Crippen LogP contribution < -0.4 is 0 Å².